The van der Waals surface area contributed by atoms with Gasteiger partial charge in [0.05, 0.1) is 25.8 Å². The summed E-state index contributed by atoms with van der Waals surface area (Å²) in [5, 5.41) is 7.38. The van der Waals surface area contributed by atoms with Crippen LogP contribution in [-0.2, 0) is 6.54 Å². The van der Waals surface area contributed by atoms with Crippen molar-refractivity contribution in [1.82, 2.24) is 20.2 Å². The Hall–Kier alpha value is -2.00. The summed E-state index contributed by atoms with van der Waals surface area (Å²) in [5.41, 5.74) is 1.96. The van der Waals surface area contributed by atoms with Crippen LogP contribution in [0.25, 0.3) is 0 Å². The van der Waals surface area contributed by atoms with Crippen LogP contribution in [0.3, 0.4) is 0 Å². The van der Waals surface area contributed by atoms with Gasteiger partial charge in [0.1, 0.15) is 10.6 Å². The van der Waals surface area contributed by atoms with E-state index in [2.05, 4.69) is 15.3 Å². The molecule has 168 valence electrons. The lowest BCUT2D eigenvalue weighted by Crippen LogP contribution is -2.37. The van der Waals surface area contributed by atoms with Crippen LogP contribution in [0.1, 0.15) is 60.2 Å². The second kappa shape index (κ2) is 9.87. The third-order valence-electron chi connectivity index (χ3n) is 5.45. The average molecular weight is 509 g/mol. The molecule has 0 bridgehead atoms. The lowest BCUT2D eigenvalue weighted by atomic mass is 9.97. The fraction of sp³-hybridized carbons (Fsp3) is 0.364. The van der Waals surface area contributed by atoms with Gasteiger partial charge < -0.3 is 10.2 Å². The molecular formula is C22H22Cl2N4O2S2. The molecule has 0 saturated carbocycles. The van der Waals surface area contributed by atoms with Crippen molar-refractivity contribution in [3.05, 3.63) is 65.5 Å². The van der Waals surface area contributed by atoms with E-state index >= 15 is 0 Å². The van der Waals surface area contributed by atoms with Gasteiger partial charge in [-0.05, 0) is 38.3 Å². The largest absolute Gasteiger partial charge is 0.347 e. The smallest absolute Gasteiger partial charge is 0.271 e. The molecule has 10 heteroatoms. The van der Waals surface area contributed by atoms with Gasteiger partial charge in [-0.1, -0.05) is 35.3 Å². The highest BCUT2D eigenvalue weighted by Gasteiger charge is 2.28. The van der Waals surface area contributed by atoms with Gasteiger partial charge in [0, 0.05) is 30.9 Å². The van der Waals surface area contributed by atoms with E-state index in [0.29, 0.717) is 28.8 Å². The first kappa shape index (κ1) is 23.2. The lowest BCUT2D eigenvalue weighted by Gasteiger charge is -2.30. The van der Waals surface area contributed by atoms with Gasteiger partial charge in [0.25, 0.3) is 11.8 Å². The van der Waals surface area contributed by atoms with E-state index in [1.54, 1.807) is 17.5 Å². The molecule has 1 aliphatic heterocycles. The molecule has 0 atom stereocenters. The third-order valence-corrected chi connectivity index (χ3v) is 8.38. The van der Waals surface area contributed by atoms with Crippen molar-refractivity contribution in [2.75, 3.05) is 13.1 Å². The Bertz CT molecular complexity index is 1150. The topological polar surface area (TPSA) is 75.2 Å². The molecule has 0 unspecified atom stereocenters. The molecule has 32 heavy (non-hydrogen) atoms. The van der Waals surface area contributed by atoms with Crippen molar-refractivity contribution in [2.45, 2.75) is 39.2 Å². The van der Waals surface area contributed by atoms with Crippen LogP contribution in [0.4, 0.5) is 0 Å². The zero-order valence-corrected chi connectivity index (χ0v) is 20.8. The minimum atomic E-state index is -0.243. The highest BCUT2D eigenvalue weighted by Crippen LogP contribution is 2.32. The SMILES string of the molecule is Cc1nc(C)c(C(=O)N2CCC(c3nc(C(=O)NCc4cccc(Cl)c4Cl)cs3)CC2)s1. The molecule has 0 radical (unpaired) electrons. The Morgan fingerprint density at radius 3 is 2.62 bits per heavy atom. The third kappa shape index (κ3) is 4.98. The summed E-state index contributed by atoms with van der Waals surface area (Å²) in [7, 11) is 0. The number of halogens is 2. The maximum atomic E-state index is 12.8. The van der Waals surface area contributed by atoms with Gasteiger partial charge in [0.2, 0.25) is 0 Å². The average Bonchev–Trinajstić information content (AvgIpc) is 3.40. The maximum absolute atomic E-state index is 12.8. The van der Waals surface area contributed by atoms with Crippen molar-refractivity contribution in [2.24, 2.45) is 0 Å². The predicted molar refractivity (Wildman–Crippen MR) is 129 cm³/mol. The Morgan fingerprint density at radius 1 is 1.19 bits per heavy atom. The number of benzene rings is 1. The molecule has 3 aromatic rings. The summed E-state index contributed by atoms with van der Waals surface area (Å²) in [4.78, 5) is 36.9. The Balaban J connectivity index is 1.33. The molecule has 1 saturated heterocycles. The monoisotopic (exact) mass is 508 g/mol. The fourth-order valence-electron chi connectivity index (χ4n) is 3.73. The maximum Gasteiger partial charge on any atom is 0.271 e. The predicted octanol–water partition coefficient (Wildman–Crippen LogP) is 5.47. The number of aromatic nitrogens is 2. The number of thiazole rings is 2. The number of aryl methyl sites for hydroxylation is 2. The molecule has 1 aliphatic rings. The number of amides is 2. The molecule has 1 fully saturated rings. The number of hydrogen-bond donors (Lipinski definition) is 1. The van der Waals surface area contributed by atoms with Crippen LogP contribution in [0.15, 0.2) is 23.6 Å². The number of hydrogen-bond acceptors (Lipinski definition) is 6. The van der Waals surface area contributed by atoms with Crippen LogP contribution in [0.2, 0.25) is 10.0 Å². The number of likely N-dealkylation sites (tertiary alicyclic amines) is 1. The summed E-state index contributed by atoms with van der Waals surface area (Å²) in [6.45, 7) is 5.43. The van der Waals surface area contributed by atoms with Gasteiger partial charge in [-0.25, -0.2) is 9.97 Å². The van der Waals surface area contributed by atoms with Crippen LogP contribution in [0.5, 0.6) is 0 Å². The molecule has 2 amide bonds. The lowest BCUT2D eigenvalue weighted by molar-refractivity contribution is 0.0717. The number of nitrogens with zero attached hydrogens (tertiary/aromatic N) is 3. The zero-order chi connectivity index (χ0) is 22.8. The second-order valence-corrected chi connectivity index (χ2v) is 10.6. The quantitative estimate of drug-likeness (QED) is 0.495. The minimum Gasteiger partial charge on any atom is -0.347 e. The molecule has 0 aliphatic carbocycles. The Labute approximate surface area is 204 Å². The van der Waals surface area contributed by atoms with E-state index in [1.807, 2.05) is 24.8 Å². The number of carbonyl (C=O) groups is 2. The molecule has 0 spiro atoms. The summed E-state index contributed by atoms with van der Waals surface area (Å²) < 4.78 is 0. The number of carbonyl (C=O) groups excluding carboxylic acids is 2. The fourth-order valence-corrected chi connectivity index (χ4v) is 5.98. The zero-order valence-electron chi connectivity index (χ0n) is 17.7. The highest BCUT2D eigenvalue weighted by atomic mass is 35.5. The van der Waals surface area contributed by atoms with Gasteiger partial charge in [-0.2, -0.15) is 0 Å². The standard InChI is InChI=1S/C22H22Cl2N4O2S2/c1-12-19(32-13(2)26-12)22(30)28-8-6-14(7-9-28)21-27-17(11-31-21)20(29)25-10-15-4-3-5-16(23)18(15)24/h3-5,11,14H,6-10H2,1-2H3,(H,25,29). The number of piperidine rings is 1. The molecule has 2 aromatic heterocycles. The van der Waals surface area contributed by atoms with Crippen molar-refractivity contribution >= 4 is 57.7 Å². The molecule has 4 rings (SSSR count). The van der Waals surface area contributed by atoms with Crippen LogP contribution in [-0.4, -0.2) is 39.8 Å². The molecule has 1 N–H and O–H groups in total. The van der Waals surface area contributed by atoms with E-state index < -0.39 is 0 Å². The first-order valence-corrected chi connectivity index (χ1v) is 12.7. The minimum absolute atomic E-state index is 0.0606. The van der Waals surface area contributed by atoms with Crippen molar-refractivity contribution in [3.8, 4) is 0 Å². The van der Waals surface area contributed by atoms with Gasteiger partial charge in [-0.15, -0.1) is 22.7 Å². The number of rotatable bonds is 5. The van der Waals surface area contributed by atoms with Gasteiger partial charge in [-0.3, -0.25) is 9.59 Å². The van der Waals surface area contributed by atoms with E-state index in [9.17, 15) is 9.59 Å². The van der Waals surface area contributed by atoms with Crippen molar-refractivity contribution in [3.63, 3.8) is 0 Å². The highest BCUT2D eigenvalue weighted by molar-refractivity contribution is 7.13. The van der Waals surface area contributed by atoms with E-state index in [1.165, 1.54) is 22.7 Å². The first-order valence-electron chi connectivity index (χ1n) is 10.2. The van der Waals surface area contributed by atoms with Crippen LogP contribution in [0, 0.1) is 13.8 Å². The van der Waals surface area contributed by atoms with Crippen LogP contribution >= 0.6 is 45.9 Å². The summed E-state index contributed by atoms with van der Waals surface area (Å²) in [6.07, 6.45) is 1.66. The van der Waals surface area contributed by atoms with Crippen LogP contribution < -0.4 is 5.32 Å². The normalized spacial score (nSPS) is 14.6. The molecule has 6 nitrogen and oxygen atoms in total. The van der Waals surface area contributed by atoms with Crippen molar-refractivity contribution in [1.29, 1.82) is 0 Å². The second-order valence-electron chi connectivity index (χ2n) is 7.68. The van der Waals surface area contributed by atoms with Gasteiger partial charge >= 0.3 is 0 Å². The summed E-state index contributed by atoms with van der Waals surface area (Å²) in [5.74, 6) is 0.0647. The Kier molecular flexibility index (Phi) is 7.14. The summed E-state index contributed by atoms with van der Waals surface area (Å²) >= 11 is 15.2. The number of nitrogens with one attached hydrogen (secondary N) is 1. The van der Waals surface area contributed by atoms with Gasteiger partial charge in [0.15, 0.2) is 0 Å². The molecular weight excluding hydrogens is 487 g/mol. The molecule has 3 heterocycles. The Morgan fingerprint density at radius 2 is 1.94 bits per heavy atom. The van der Waals surface area contributed by atoms with E-state index in [4.69, 9.17) is 23.2 Å². The van der Waals surface area contributed by atoms with Crippen molar-refractivity contribution < 1.29 is 9.59 Å². The van der Waals surface area contributed by atoms with E-state index in [-0.39, 0.29) is 24.3 Å². The van der Waals surface area contributed by atoms with E-state index in [0.717, 1.165) is 39.0 Å². The summed E-state index contributed by atoms with van der Waals surface area (Å²) in [6, 6.07) is 5.33. The molecule has 1 aromatic carbocycles. The first-order chi connectivity index (χ1) is 15.3.